The highest BCUT2D eigenvalue weighted by atomic mass is 33.1. The van der Waals surface area contributed by atoms with Crippen molar-refractivity contribution in [3.05, 3.63) is 48.0 Å². The van der Waals surface area contributed by atoms with E-state index in [4.69, 9.17) is 0 Å². The molecular formula is C17H21NOS2. The third kappa shape index (κ3) is 4.77. The summed E-state index contributed by atoms with van der Waals surface area (Å²) in [6, 6.07) is 14.7. The summed E-state index contributed by atoms with van der Waals surface area (Å²) in [5.74, 6) is 1.08. The Bertz CT molecular complexity index is 600. The van der Waals surface area contributed by atoms with Gasteiger partial charge in [-0.25, -0.2) is 0 Å². The third-order valence-electron chi connectivity index (χ3n) is 3.50. The number of hydrogen-bond donors (Lipinski definition) is 1. The monoisotopic (exact) mass is 319 g/mol. The zero-order valence-electron chi connectivity index (χ0n) is 12.5. The van der Waals surface area contributed by atoms with Crippen LogP contribution in [0.1, 0.15) is 18.9 Å². The van der Waals surface area contributed by atoms with Crippen LogP contribution in [-0.4, -0.2) is 24.0 Å². The minimum absolute atomic E-state index is 0.0872. The summed E-state index contributed by atoms with van der Waals surface area (Å²) in [5, 5.41) is 5.83. The maximum atomic E-state index is 12.1. The summed E-state index contributed by atoms with van der Waals surface area (Å²) in [7, 11) is 3.44. The highest BCUT2D eigenvalue weighted by Gasteiger charge is 2.16. The molecule has 0 aliphatic carbocycles. The highest BCUT2D eigenvalue weighted by molar-refractivity contribution is 8.76. The number of nitrogens with one attached hydrogen (secondary N) is 1. The molecule has 0 fully saturated rings. The van der Waals surface area contributed by atoms with Gasteiger partial charge in [0.15, 0.2) is 0 Å². The van der Waals surface area contributed by atoms with Crippen molar-refractivity contribution in [2.75, 3.05) is 12.1 Å². The van der Waals surface area contributed by atoms with Gasteiger partial charge in [-0.1, -0.05) is 71.0 Å². The van der Waals surface area contributed by atoms with Gasteiger partial charge in [-0.2, -0.15) is 0 Å². The molecule has 0 spiro atoms. The van der Waals surface area contributed by atoms with E-state index < -0.39 is 0 Å². The number of benzene rings is 2. The molecule has 0 radical (unpaired) electrons. The Morgan fingerprint density at radius 2 is 1.95 bits per heavy atom. The standard InChI is InChI=1S/C17H21NOS2/c1-3-17(19)16(18-12-21-20-2)11-13-8-9-14-6-4-5-7-15(14)10-13/h4-10,16,18H,3,11-12H2,1-2H3/t16-/m0/s1. The molecule has 0 aromatic heterocycles. The normalized spacial score (nSPS) is 12.5. The smallest absolute Gasteiger partial charge is 0.149 e. The van der Waals surface area contributed by atoms with E-state index in [9.17, 15) is 4.79 Å². The van der Waals surface area contributed by atoms with Gasteiger partial charge in [0.25, 0.3) is 0 Å². The molecule has 0 amide bonds. The van der Waals surface area contributed by atoms with Gasteiger partial charge in [0.1, 0.15) is 5.78 Å². The van der Waals surface area contributed by atoms with Gasteiger partial charge in [-0.3, -0.25) is 10.1 Å². The van der Waals surface area contributed by atoms with Gasteiger partial charge in [0.05, 0.1) is 11.9 Å². The molecule has 2 aromatic carbocycles. The molecule has 0 aliphatic rings. The van der Waals surface area contributed by atoms with Crippen molar-refractivity contribution in [3.63, 3.8) is 0 Å². The molecule has 4 heteroatoms. The maximum absolute atomic E-state index is 12.1. The molecule has 2 nitrogen and oxygen atoms in total. The zero-order chi connectivity index (χ0) is 15.1. The summed E-state index contributed by atoms with van der Waals surface area (Å²) >= 11 is 0. The summed E-state index contributed by atoms with van der Waals surface area (Å²) in [4.78, 5) is 12.1. The van der Waals surface area contributed by atoms with E-state index in [0.717, 1.165) is 12.3 Å². The molecule has 2 aromatic rings. The molecule has 2 rings (SSSR count). The van der Waals surface area contributed by atoms with Crippen LogP contribution in [0.25, 0.3) is 10.8 Å². The number of carbonyl (C=O) groups is 1. The van der Waals surface area contributed by atoms with Crippen molar-refractivity contribution < 1.29 is 4.79 Å². The topological polar surface area (TPSA) is 29.1 Å². The Kier molecular flexibility index (Phi) is 6.61. The fourth-order valence-electron chi connectivity index (χ4n) is 2.34. The summed E-state index contributed by atoms with van der Waals surface area (Å²) < 4.78 is 0. The molecule has 1 atom stereocenters. The minimum Gasteiger partial charge on any atom is -0.298 e. The van der Waals surface area contributed by atoms with Crippen LogP contribution in [0, 0.1) is 0 Å². The van der Waals surface area contributed by atoms with E-state index in [0.29, 0.717) is 6.42 Å². The van der Waals surface area contributed by atoms with Crippen molar-refractivity contribution in [2.45, 2.75) is 25.8 Å². The first-order valence-corrected chi connectivity index (χ1v) is 9.86. The minimum atomic E-state index is -0.0872. The largest absolute Gasteiger partial charge is 0.298 e. The second kappa shape index (κ2) is 8.47. The molecule has 21 heavy (non-hydrogen) atoms. The molecule has 0 saturated carbocycles. The Morgan fingerprint density at radius 3 is 2.67 bits per heavy atom. The van der Waals surface area contributed by atoms with Crippen LogP contribution in [0.15, 0.2) is 42.5 Å². The SMILES string of the molecule is CCC(=O)[C@H](Cc1ccc2ccccc2c1)NCSSC. The molecule has 0 heterocycles. The van der Waals surface area contributed by atoms with Crippen molar-refractivity contribution in [1.29, 1.82) is 0 Å². The molecule has 1 N–H and O–H groups in total. The van der Waals surface area contributed by atoms with Gasteiger partial charge in [0.2, 0.25) is 0 Å². The average Bonchev–Trinajstić information content (AvgIpc) is 2.53. The quantitative estimate of drug-likeness (QED) is 0.446. The van der Waals surface area contributed by atoms with Crippen LogP contribution in [0.3, 0.4) is 0 Å². The summed E-state index contributed by atoms with van der Waals surface area (Å²) in [6.45, 7) is 1.93. The first-order chi connectivity index (χ1) is 10.2. The van der Waals surface area contributed by atoms with Crippen molar-refractivity contribution >= 4 is 38.1 Å². The average molecular weight is 319 g/mol. The fourth-order valence-corrected chi connectivity index (χ4v) is 3.29. The van der Waals surface area contributed by atoms with Gasteiger partial charge >= 0.3 is 0 Å². The first kappa shape index (κ1) is 16.4. The van der Waals surface area contributed by atoms with E-state index in [2.05, 4.69) is 35.6 Å². The summed E-state index contributed by atoms with van der Waals surface area (Å²) in [5.41, 5.74) is 1.21. The number of fused-ring (bicyclic) bond motifs is 1. The Balaban J connectivity index is 2.11. The lowest BCUT2D eigenvalue weighted by Crippen LogP contribution is -2.38. The molecule has 0 bridgehead atoms. The van der Waals surface area contributed by atoms with Crippen LogP contribution in [-0.2, 0) is 11.2 Å². The number of ketones is 1. The molecule has 0 saturated heterocycles. The van der Waals surface area contributed by atoms with Crippen LogP contribution in [0.2, 0.25) is 0 Å². The predicted octanol–water partition coefficient (Wildman–Crippen LogP) is 4.29. The van der Waals surface area contributed by atoms with E-state index in [1.54, 1.807) is 21.6 Å². The zero-order valence-corrected chi connectivity index (χ0v) is 14.1. The van der Waals surface area contributed by atoms with E-state index in [1.807, 2.05) is 25.3 Å². The van der Waals surface area contributed by atoms with E-state index >= 15 is 0 Å². The lowest BCUT2D eigenvalue weighted by Gasteiger charge is -2.17. The molecular weight excluding hydrogens is 298 g/mol. The third-order valence-corrected chi connectivity index (χ3v) is 5.08. The first-order valence-electron chi connectivity index (χ1n) is 7.14. The van der Waals surface area contributed by atoms with E-state index in [1.165, 1.54) is 16.3 Å². The van der Waals surface area contributed by atoms with Crippen LogP contribution in [0.5, 0.6) is 0 Å². The molecule has 0 unspecified atom stereocenters. The van der Waals surface area contributed by atoms with Crippen LogP contribution < -0.4 is 5.32 Å². The van der Waals surface area contributed by atoms with Gasteiger partial charge < -0.3 is 0 Å². The van der Waals surface area contributed by atoms with Gasteiger partial charge in [0, 0.05) is 6.42 Å². The van der Waals surface area contributed by atoms with Crippen LogP contribution >= 0.6 is 21.6 Å². The lowest BCUT2D eigenvalue weighted by atomic mass is 9.98. The fraction of sp³-hybridized carbons (Fsp3) is 0.353. The number of rotatable bonds is 8. The van der Waals surface area contributed by atoms with Gasteiger partial charge in [-0.05, 0) is 29.0 Å². The maximum Gasteiger partial charge on any atom is 0.149 e. The Hall–Kier alpha value is -0.970. The second-order valence-corrected chi connectivity index (χ2v) is 7.46. The number of carbonyl (C=O) groups excluding carboxylic acids is 1. The summed E-state index contributed by atoms with van der Waals surface area (Å²) in [6.07, 6.45) is 3.38. The van der Waals surface area contributed by atoms with Crippen LogP contribution in [0.4, 0.5) is 0 Å². The second-order valence-electron chi connectivity index (χ2n) is 4.89. The van der Waals surface area contributed by atoms with Gasteiger partial charge in [-0.15, -0.1) is 0 Å². The Morgan fingerprint density at radius 1 is 1.19 bits per heavy atom. The number of Topliss-reactive ketones (excluding diaryl/α,β-unsaturated/α-hetero) is 1. The predicted molar refractivity (Wildman–Crippen MR) is 95.8 cm³/mol. The molecule has 0 aliphatic heterocycles. The van der Waals surface area contributed by atoms with E-state index in [-0.39, 0.29) is 11.8 Å². The van der Waals surface area contributed by atoms with Crippen molar-refractivity contribution in [2.24, 2.45) is 0 Å². The lowest BCUT2D eigenvalue weighted by molar-refractivity contribution is -0.120. The molecule has 112 valence electrons. The Labute approximate surface area is 134 Å². The number of hydrogen-bond acceptors (Lipinski definition) is 4. The van der Waals surface area contributed by atoms with Crippen molar-refractivity contribution in [1.82, 2.24) is 5.32 Å². The highest BCUT2D eigenvalue weighted by Crippen LogP contribution is 2.18. The van der Waals surface area contributed by atoms with Crippen molar-refractivity contribution in [3.8, 4) is 0 Å².